The van der Waals surface area contributed by atoms with Crippen molar-refractivity contribution in [2.24, 2.45) is 5.92 Å². The smallest absolute Gasteiger partial charge is 0.0620 e. The molecule has 0 bridgehead atoms. The van der Waals surface area contributed by atoms with Gasteiger partial charge in [0.2, 0.25) is 0 Å². The summed E-state index contributed by atoms with van der Waals surface area (Å²) in [6, 6.07) is 1.42. The van der Waals surface area contributed by atoms with Gasteiger partial charge in [-0.25, -0.2) is 0 Å². The van der Waals surface area contributed by atoms with E-state index >= 15 is 0 Å². The number of ether oxygens (including phenoxy) is 1. The Morgan fingerprint density at radius 1 is 1.31 bits per heavy atom. The summed E-state index contributed by atoms with van der Waals surface area (Å²) in [4.78, 5) is 2.72. The molecule has 3 heteroatoms. The number of methoxy groups -OCH3 is 1. The van der Waals surface area contributed by atoms with Gasteiger partial charge in [0.1, 0.15) is 0 Å². The van der Waals surface area contributed by atoms with Gasteiger partial charge in [-0.15, -0.1) is 0 Å². The first kappa shape index (κ1) is 12.3. The largest absolute Gasteiger partial charge is 0.383 e. The van der Waals surface area contributed by atoms with Gasteiger partial charge in [0, 0.05) is 25.7 Å². The van der Waals surface area contributed by atoms with Crippen molar-refractivity contribution in [3.63, 3.8) is 0 Å². The van der Waals surface area contributed by atoms with Crippen molar-refractivity contribution in [3.8, 4) is 0 Å². The van der Waals surface area contributed by atoms with E-state index in [1.165, 1.54) is 38.6 Å². The highest BCUT2D eigenvalue weighted by molar-refractivity contribution is 4.92. The first-order valence-corrected chi connectivity index (χ1v) is 6.76. The van der Waals surface area contributed by atoms with Gasteiger partial charge < -0.3 is 10.1 Å². The SMILES string of the molecule is CNCC1CCCCN1C(COC)C1CC1. The van der Waals surface area contributed by atoms with E-state index in [4.69, 9.17) is 4.74 Å². The molecule has 0 radical (unpaired) electrons. The second-order valence-electron chi connectivity index (χ2n) is 5.31. The zero-order valence-corrected chi connectivity index (χ0v) is 10.7. The van der Waals surface area contributed by atoms with E-state index in [0.717, 1.165) is 25.1 Å². The van der Waals surface area contributed by atoms with Crippen molar-refractivity contribution < 1.29 is 4.74 Å². The van der Waals surface area contributed by atoms with Crippen molar-refractivity contribution in [1.29, 1.82) is 0 Å². The molecule has 2 aliphatic rings. The number of hydrogen-bond donors (Lipinski definition) is 1. The maximum Gasteiger partial charge on any atom is 0.0620 e. The molecule has 1 N–H and O–H groups in total. The molecule has 1 aliphatic heterocycles. The molecule has 2 unspecified atom stereocenters. The fourth-order valence-corrected chi connectivity index (χ4v) is 3.07. The number of nitrogens with one attached hydrogen (secondary N) is 1. The number of likely N-dealkylation sites (tertiary alicyclic amines) is 1. The zero-order chi connectivity index (χ0) is 11.4. The maximum atomic E-state index is 5.42. The van der Waals surface area contributed by atoms with Crippen molar-refractivity contribution in [1.82, 2.24) is 10.2 Å². The van der Waals surface area contributed by atoms with Gasteiger partial charge in [0.15, 0.2) is 0 Å². The van der Waals surface area contributed by atoms with E-state index in [9.17, 15) is 0 Å². The molecule has 1 heterocycles. The van der Waals surface area contributed by atoms with Gasteiger partial charge in [-0.2, -0.15) is 0 Å². The number of piperidine rings is 1. The Morgan fingerprint density at radius 2 is 2.12 bits per heavy atom. The van der Waals surface area contributed by atoms with Crippen LogP contribution in [0, 0.1) is 5.92 Å². The Labute approximate surface area is 99.5 Å². The Kier molecular flexibility index (Phi) is 4.62. The lowest BCUT2D eigenvalue weighted by Crippen LogP contribution is -2.52. The topological polar surface area (TPSA) is 24.5 Å². The third kappa shape index (κ3) is 2.96. The normalized spacial score (nSPS) is 29.2. The van der Waals surface area contributed by atoms with Crippen LogP contribution in [0.5, 0.6) is 0 Å². The van der Waals surface area contributed by atoms with Crippen LogP contribution in [0.25, 0.3) is 0 Å². The highest BCUT2D eigenvalue weighted by Crippen LogP contribution is 2.37. The van der Waals surface area contributed by atoms with E-state index in [1.807, 2.05) is 7.11 Å². The predicted octanol–water partition coefficient (Wildman–Crippen LogP) is 1.49. The summed E-state index contributed by atoms with van der Waals surface area (Å²) in [5.74, 6) is 0.914. The number of likely N-dealkylation sites (N-methyl/N-ethyl adjacent to an activating group) is 1. The van der Waals surface area contributed by atoms with Crippen LogP contribution in [-0.2, 0) is 4.74 Å². The molecule has 0 aromatic rings. The molecule has 1 aliphatic carbocycles. The van der Waals surface area contributed by atoms with Crippen molar-refractivity contribution in [2.45, 2.75) is 44.2 Å². The lowest BCUT2D eigenvalue weighted by molar-refractivity contribution is 0.0302. The van der Waals surface area contributed by atoms with Gasteiger partial charge in [0.25, 0.3) is 0 Å². The Morgan fingerprint density at radius 3 is 2.75 bits per heavy atom. The second kappa shape index (κ2) is 5.99. The minimum Gasteiger partial charge on any atom is -0.383 e. The summed E-state index contributed by atoms with van der Waals surface area (Å²) in [7, 11) is 3.90. The van der Waals surface area contributed by atoms with Crippen LogP contribution < -0.4 is 5.32 Å². The van der Waals surface area contributed by atoms with Gasteiger partial charge >= 0.3 is 0 Å². The predicted molar refractivity (Wildman–Crippen MR) is 66.7 cm³/mol. The minimum atomic E-state index is 0.684. The van der Waals surface area contributed by atoms with Crippen LogP contribution in [0.4, 0.5) is 0 Å². The van der Waals surface area contributed by atoms with Gasteiger partial charge in [-0.05, 0) is 45.2 Å². The molecule has 0 aromatic carbocycles. The molecule has 2 rings (SSSR count). The highest BCUT2D eigenvalue weighted by atomic mass is 16.5. The van der Waals surface area contributed by atoms with E-state index in [0.29, 0.717) is 6.04 Å². The van der Waals surface area contributed by atoms with Crippen molar-refractivity contribution >= 4 is 0 Å². The molecule has 0 spiro atoms. The molecular weight excluding hydrogens is 200 g/mol. The molecule has 16 heavy (non-hydrogen) atoms. The molecule has 1 saturated heterocycles. The Bertz CT molecular complexity index is 204. The third-order valence-electron chi connectivity index (χ3n) is 4.04. The molecule has 2 fully saturated rings. The van der Waals surface area contributed by atoms with Crippen molar-refractivity contribution in [2.75, 3.05) is 33.9 Å². The van der Waals surface area contributed by atoms with Crippen LogP contribution in [0.1, 0.15) is 32.1 Å². The first-order valence-electron chi connectivity index (χ1n) is 6.76. The monoisotopic (exact) mass is 226 g/mol. The molecule has 2 atom stereocenters. The molecule has 3 nitrogen and oxygen atoms in total. The number of rotatable bonds is 6. The van der Waals surface area contributed by atoms with Gasteiger partial charge in [0.05, 0.1) is 6.61 Å². The number of nitrogens with zero attached hydrogens (tertiary/aromatic N) is 1. The fraction of sp³-hybridized carbons (Fsp3) is 1.00. The summed E-state index contributed by atoms with van der Waals surface area (Å²) < 4.78 is 5.42. The standard InChI is InChI=1S/C13H26N2O/c1-14-9-12-5-3-4-8-15(12)13(10-16-2)11-6-7-11/h11-14H,3-10H2,1-2H3. The summed E-state index contributed by atoms with van der Waals surface area (Å²) in [6.45, 7) is 3.33. The van der Waals surface area contributed by atoms with E-state index in [1.54, 1.807) is 0 Å². The maximum absolute atomic E-state index is 5.42. The van der Waals surface area contributed by atoms with Gasteiger partial charge in [-0.1, -0.05) is 6.42 Å². The molecule has 0 aromatic heterocycles. The van der Waals surface area contributed by atoms with Crippen molar-refractivity contribution in [3.05, 3.63) is 0 Å². The minimum absolute atomic E-state index is 0.684. The molecule has 94 valence electrons. The third-order valence-corrected chi connectivity index (χ3v) is 4.04. The molecule has 0 amide bonds. The van der Waals surface area contributed by atoms with Crippen LogP contribution in [-0.4, -0.2) is 50.8 Å². The fourth-order valence-electron chi connectivity index (χ4n) is 3.07. The van der Waals surface area contributed by atoms with E-state index in [2.05, 4.69) is 17.3 Å². The summed E-state index contributed by atoms with van der Waals surface area (Å²) in [5.41, 5.74) is 0. The molecular formula is C13H26N2O. The summed E-state index contributed by atoms with van der Waals surface area (Å²) >= 11 is 0. The van der Waals surface area contributed by atoms with Crippen LogP contribution in [0.2, 0.25) is 0 Å². The second-order valence-corrected chi connectivity index (χ2v) is 5.31. The lowest BCUT2D eigenvalue weighted by Gasteiger charge is -2.41. The average molecular weight is 226 g/mol. The van der Waals surface area contributed by atoms with Crippen LogP contribution >= 0.6 is 0 Å². The Hall–Kier alpha value is -0.120. The number of hydrogen-bond acceptors (Lipinski definition) is 3. The van der Waals surface area contributed by atoms with Gasteiger partial charge in [-0.3, -0.25) is 4.90 Å². The van der Waals surface area contributed by atoms with E-state index < -0.39 is 0 Å². The highest BCUT2D eigenvalue weighted by Gasteiger charge is 2.38. The Balaban J connectivity index is 1.95. The lowest BCUT2D eigenvalue weighted by atomic mass is 9.98. The van der Waals surface area contributed by atoms with Crippen LogP contribution in [0.3, 0.4) is 0 Å². The average Bonchev–Trinajstić information content (AvgIpc) is 3.11. The molecule has 1 saturated carbocycles. The quantitative estimate of drug-likeness (QED) is 0.742. The van der Waals surface area contributed by atoms with E-state index in [-0.39, 0.29) is 0 Å². The zero-order valence-electron chi connectivity index (χ0n) is 10.7. The summed E-state index contributed by atoms with van der Waals surface area (Å²) in [6.07, 6.45) is 6.95. The first-order chi connectivity index (χ1) is 7.86. The summed E-state index contributed by atoms with van der Waals surface area (Å²) in [5, 5.41) is 3.34. The van der Waals surface area contributed by atoms with Crippen LogP contribution in [0.15, 0.2) is 0 Å².